The Balaban J connectivity index is 1.69. The van der Waals surface area contributed by atoms with Crippen LogP contribution in [0.25, 0.3) is 5.69 Å². The summed E-state index contributed by atoms with van der Waals surface area (Å²) in [4.78, 5) is 14.4. The van der Waals surface area contributed by atoms with Gasteiger partial charge in [-0.15, -0.1) is 16.8 Å². The summed E-state index contributed by atoms with van der Waals surface area (Å²) < 4.78 is 21.8. The number of carbonyl (C=O) groups is 1. The molecular weight excluding hydrogens is 471 g/mol. The lowest BCUT2D eigenvalue weighted by Crippen LogP contribution is -2.32. The summed E-state index contributed by atoms with van der Waals surface area (Å²) in [7, 11) is 1.61. The summed E-state index contributed by atoms with van der Waals surface area (Å²) in [6.45, 7) is 4.17. The van der Waals surface area contributed by atoms with Crippen molar-refractivity contribution < 1.29 is 13.9 Å². The normalized spacial score (nSPS) is 10.6. The van der Waals surface area contributed by atoms with E-state index in [1.807, 2.05) is 24.3 Å². The molecule has 9 heteroatoms. The molecule has 1 aromatic heterocycles. The minimum atomic E-state index is -0.355. The maximum absolute atomic E-state index is 14.1. The first-order valence-corrected chi connectivity index (χ1v) is 10.8. The number of methoxy groups -OCH3 is 1. The number of amides is 1. The molecule has 2 aromatic carbocycles. The molecule has 0 unspecified atom stereocenters. The van der Waals surface area contributed by atoms with Crippen LogP contribution in [0.4, 0.5) is 4.39 Å². The standard InChI is InChI=1S/C21H20BrFN4O2S/c1-3-10-26(12-15-11-16(22)4-9-19(15)23)20(28)13-30-21-25-24-14-27(21)17-5-7-18(29-2)8-6-17/h3-9,11,14H,1,10,12-13H2,2H3. The van der Waals surface area contributed by atoms with Crippen LogP contribution >= 0.6 is 27.7 Å². The predicted octanol–water partition coefficient (Wildman–Crippen LogP) is 4.48. The zero-order chi connectivity index (χ0) is 21.5. The number of ether oxygens (including phenoxy) is 1. The Kier molecular flexibility index (Phi) is 7.64. The molecule has 1 heterocycles. The summed E-state index contributed by atoms with van der Waals surface area (Å²) in [6, 6.07) is 12.1. The number of carbonyl (C=O) groups excluding carboxylic acids is 1. The van der Waals surface area contributed by atoms with Crippen molar-refractivity contribution in [2.75, 3.05) is 19.4 Å². The fraction of sp³-hybridized carbons (Fsp3) is 0.190. The molecule has 0 radical (unpaired) electrons. The van der Waals surface area contributed by atoms with Gasteiger partial charge < -0.3 is 9.64 Å². The van der Waals surface area contributed by atoms with Gasteiger partial charge in [-0.25, -0.2) is 4.39 Å². The zero-order valence-electron chi connectivity index (χ0n) is 16.3. The van der Waals surface area contributed by atoms with Crippen LogP contribution in [-0.4, -0.2) is 45.0 Å². The molecular formula is C21H20BrFN4O2S. The smallest absolute Gasteiger partial charge is 0.233 e. The maximum Gasteiger partial charge on any atom is 0.233 e. The van der Waals surface area contributed by atoms with Gasteiger partial charge in [-0.3, -0.25) is 9.36 Å². The highest BCUT2D eigenvalue weighted by molar-refractivity contribution is 9.10. The topological polar surface area (TPSA) is 60.2 Å². The molecule has 0 bridgehead atoms. The number of rotatable bonds is 9. The van der Waals surface area contributed by atoms with Gasteiger partial charge in [-0.1, -0.05) is 33.8 Å². The van der Waals surface area contributed by atoms with Crippen LogP contribution < -0.4 is 4.74 Å². The van der Waals surface area contributed by atoms with Gasteiger partial charge in [0.1, 0.15) is 17.9 Å². The minimum absolute atomic E-state index is 0.137. The van der Waals surface area contributed by atoms with Crippen LogP contribution in [0.5, 0.6) is 5.75 Å². The van der Waals surface area contributed by atoms with E-state index in [1.165, 1.54) is 17.8 Å². The Bertz CT molecular complexity index is 1030. The van der Waals surface area contributed by atoms with Crippen molar-refractivity contribution in [2.45, 2.75) is 11.7 Å². The molecule has 0 spiro atoms. The predicted molar refractivity (Wildman–Crippen MR) is 118 cm³/mol. The number of thioether (sulfide) groups is 1. The Morgan fingerprint density at radius 2 is 2.10 bits per heavy atom. The van der Waals surface area contributed by atoms with E-state index in [4.69, 9.17) is 4.74 Å². The lowest BCUT2D eigenvalue weighted by atomic mass is 10.2. The minimum Gasteiger partial charge on any atom is -0.497 e. The van der Waals surface area contributed by atoms with Crippen molar-refractivity contribution in [2.24, 2.45) is 0 Å². The summed E-state index contributed by atoms with van der Waals surface area (Å²) in [6.07, 6.45) is 3.21. The average Bonchev–Trinajstić information content (AvgIpc) is 3.23. The summed E-state index contributed by atoms with van der Waals surface area (Å²) in [5.74, 6) is 0.379. The summed E-state index contributed by atoms with van der Waals surface area (Å²) in [5.41, 5.74) is 1.29. The highest BCUT2D eigenvalue weighted by atomic mass is 79.9. The Labute approximate surface area is 186 Å². The van der Waals surface area contributed by atoms with Gasteiger partial charge in [0, 0.05) is 28.8 Å². The number of hydrogen-bond acceptors (Lipinski definition) is 5. The average molecular weight is 491 g/mol. The van der Waals surface area contributed by atoms with Gasteiger partial charge in [0.2, 0.25) is 5.91 Å². The number of benzene rings is 2. The number of aromatic nitrogens is 3. The summed E-state index contributed by atoms with van der Waals surface area (Å²) >= 11 is 4.61. The molecule has 0 aliphatic carbocycles. The van der Waals surface area contributed by atoms with Crippen LogP contribution in [0.2, 0.25) is 0 Å². The third-order valence-electron chi connectivity index (χ3n) is 4.26. The van der Waals surface area contributed by atoms with Gasteiger partial charge in [0.05, 0.1) is 12.9 Å². The van der Waals surface area contributed by atoms with E-state index >= 15 is 0 Å². The molecule has 6 nitrogen and oxygen atoms in total. The zero-order valence-corrected chi connectivity index (χ0v) is 18.7. The first kappa shape index (κ1) is 22.0. The van der Waals surface area contributed by atoms with Crippen molar-refractivity contribution in [3.8, 4) is 11.4 Å². The van der Waals surface area contributed by atoms with Crippen molar-refractivity contribution in [3.63, 3.8) is 0 Å². The third kappa shape index (κ3) is 5.48. The van der Waals surface area contributed by atoms with E-state index in [9.17, 15) is 9.18 Å². The first-order valence-electron chi connectivity index (χ1n) is 9.01. The second kappa shape index (κ2) is 10.4. The molecule has 3 rings (SSSR count). The molecule has 0 saturated carbocycles. The lowest BCUT2D eigenvalue weighted by molar-refractivity contribution is -0.128. The highest BCUT2D eigenvalue weighted by Crippen LogP contribution is 2.23. The number of hydrogen-bond donors (Lipinski definition) is 0. The van der Waals surface area contributed by atoms with Crippen LogP contribution in [0.1, 0.15) is 5.56 Å². The van der Waals surface area contributed by atoms with Gasteiger partial charge in [-0.05, 0) is 42.5 Å². The Morgan fingerprint density at radius 1 is 1.33 bits per heavy atom. The van der Waals surface area contributed by atoms with Gasteiger partial charge >= 0.3 is 0 Å². The van der Waals surface area contributed by atoms with E-state index < -0.39 is 0 Å². The third-order valence-corrected chi connectivity index (χ3v) is 5.68. The van der Waals surface area contributed by atoms with Crippen molar-refractivity contribution in [1.82, 2.24) is 19.7 Å². The fourth-order valence-corrected chi connectivity index (χ4v) is 3.98. The molecule has 1 amide bonds. The van der Waals surface area contributed by atoms with E-state index in [0.717, 1.165) is 15.9 Å². The Hall–Kier alpha value is -2.65. The molecule has 0 aliphatic heterocycles. The van der Waals surface area contributed by atoms with Crippen LogP contribution in [-0.2, 0) is 11.3 Å². The second-order valence-electron chi connectivity index (χ2n) is 6.27. The molecule has 0 fully saturated rings. The quantitative estimate of drug-likeness (QED) is 0.326. The van der Waals surface area contributed by atoms with E-state index in [2.05, 4.69) is 32.7 Å². The maximum atomic E-state index is 14.1. The molecule has 0 N–H and O–H groups in total. The largest absolute Gasteiger partial charge is 0.497 e. The second-order valence-corrected chi connectivity index (χ2v) is 8.13. The molecule has 0 saturated heterocycles. The molecule has 30 heavy (non-hydrogen) atoms. The first-order chi connectivity index (χ1) is 14.5. The van der Waals surface area contributed by atoms with E-state index in [1.54, 1.807) is 41.1 Å². The van der Waals surface area contributed by atoms with Gasteiger partial charge in [0.15, 0.2) is 5.16 Å². The van der Waals surface area contributed by atoms with Crippen molar-refractivity contribution in [1.29, 1.82) is 0 Å². The fourth-order valence-electron chi connectivity index (χ4n) is 2.74. The monoisotopic (exact) mass is 490 g/mol. The van der Waals surface area contributed by atoms with Gasteiger partial charge in [0.25, 0.3) is 0 Å². The van der Waals surface area contributed by atoms with Crippen LogP contribution in [0.3, 0.4) is 0 Å². The highest BCUT2D eigenvalue weighted by Gasteiger charge is 2.17. The van der Waals surface area contributed by atoms with E-state index in [-0.39, 0.29) is 24.0 Å². The molecule has 3 aromatic rings. The van der Waals surface area contributed by atoms with E-state index in [0.29, 0.717) is 17.3 Å². The van der Waals surface area contributed by atoms with Crippen molar-refractivity contribution >= 4 is 33.6 Å². The Morgan fingerprint density at radius 3 is 2.80 bits per heavy atom. The molecule has 156 valence electrons. The van der Waals surface area contributed by atoms with Crippen LogP contribution in [0, 0.1) is 5.82 Å². The number of nitrogens with zero attached hydrogens (tertiary/aromatic N) is 4. The van der Waals surface area contributed by atoms with Crippen molar-refractivity contribution in [3.05, 3.63) is 77.3 Å². The van der Waals surface area contributed by atoms with Crippen LogP contribution in [0.15, 0.2) is 71.1 Å². The summed E-state index contributed by atoms with van der Waals surface area (Å²) in [5, 5.41) is 8.65. The SMILES string of the molecule is C=CCN(Cc1cc(Br)ccc1F)C(=O)CSc1nncn1-c1ccc(OC)cc1. The van der Waals surface area contributed by atoms with Gasteiger partial charge in [-0.2, -0.15) is 0 Å². The number of halogens is 2. The molecule has 0 atom stereocenters. The lowest BCUT2D eigenvalue weighted by Gasteiger charge is -2.21. The molecule has 0 aliphatic rings.